The van der Waals surface area contributed by atoms with Gasteiger partial charge in [-0.2, -0.15) is 5.26 Å². The molecule has 1 aliphatic rings. The third kappa shape index (κ3) is 1.59. The van der Waals surface area contributed by atoms with E-state index in [1.807, 2.05) is 12.1 Å². The van der Waals surface area contributed by atoms with Crippen molar-refractivity contribution in [1.29, 1.82) is 5.26 Å². The summed E-state index contributed by atoms with van der Waals surface area (Å²) in [4.78, 5) is 6.44. The van der Waals surface area contributed by atoms with E-state index in [9.17, 15) is 0 Å². The van der Waals surface area contributed by atoms with Crippen molar-refractivity contribution < 1.29 is 0 Å². The number of fused-ring (bicyclic) bond motifs is 1. The lowest BCUT2D eigenvalue weighted by molar-refractivity contribution is 0.310. The zero-order valence-corrected chi connectivity index (χ0v) is 8.67. The van der Waals surface area contributed by atoms with Crippen molar-refractivity contribution >= 4 is 11.6 Å². The van der Waals surface area contributed by atoms with E-state index in [4.69, 9.17) is 16.9 Å². The number of likely N-dealkylation sites (N-methyl/N-ethyl adjacent to an activating group) is 1. The highest BCUT2D eigenvalue weighted by molar-refractivity contribution is 6.30. The fraction of sp³-hybridized carbons (Fsp3) is 0.400. The Bertz CT molecular complexity index is 409. The average molecular weight is 208 g/mol. The molecule has 0 bridgehead atoms. The minimum atomic E-state index is 0.329. The summed E-state index contributed by atoms with van der Waals surface area (Å²) in [6.45, 7) is 1.86. The molecule has 0 spiro atoms. The quantitative estimate of drug-likeness (QED) is 0.607. The molecule has 0 aliphatic carbocycles. The summed E-state index contributed by atoms with van der Waals surface area (Å²) >= 11 is 5.85. The van der Waals surface area contributed by atoms with Crippen molar-refractivity contribution in [2.75, 3.05) is 13.6 Å². The highest BCUT2D eigenvalue weighted by atomic mass is 35.5. The predicted octanol–water partition coefficient (Wildman–Crippen LogP) is 1.59. The molecule has 0 N–H and O–H groups in total. The molecule has 0 radical (unpaired) electrons. The first-order valence-electron chi connectivity index (χ1n) is 4.47. The van der Waals surface area contributed by atoms with Gasteiger partial charge in [-0.15, -0.1) is 0 Å². The largest absolute Gasteiger partial charge is 0.302 e. The molecule has 1 aliphatic heterocycles. The summed E-state index contributed by atoms with van der Waals surface area (Å²) in [5.41, 5.74) is 2.63. The van der Waals surface area contributed by atoms with E-state index in [2.05, 4.69) is 16.9 Å². The van der Waals surface area contributed by atoms with Gasteiger partial charge in [0.1, 0.15) is 11.2 Å². The van der Waals surface area contributed by atoms with Gasteiger partial charge in [0.15, 0.2) is 0 Å². The van der Waals surface area contributed by atoms with Crippen LogP contribution in [-0.2, 0) is 13.0 Å². The molecule has 0 amide bonds. The lowest BCUT2D eigenvalue weighted by Gasteiger charge is -2.24. The minimum absolute atomic E-state index is 0.329. The van der Waals surface area contributed by atoms with Gasteiger partial charge in [-0.3, -0.25) is 0 Å². The van der Waals surface area contributed by atoms with Crippen LogP contribution in [0.2, 0.25) is 5.15 Å². The average Bonchev–Trinajstić information content (AvgIpc) is 2.17. The first kappa shape index (κ1) is 9.45. The van der Waals surface area contributed by atoms with Gasteiger partial charge in [0.2, 0.25) is 0 Å². The monoisotopic (exact) mass is 207 g/mol. The molecule has 0 saturated heterocycles. The Morgan fingerprint density at radius 2 is 2.43 bits per heavy atom. The van der Waals surface area contributed by atoms with Gasteiger partial charge >= 0.3 is 0 Å². The smallest absolute Gasteiger partial charge is 0.147 e. The van der Waals surface area contributed by atoms with Crippen LogP contribution in [-0.4, -0.2) is 23.5 Å². The molecule has 2 rings (SSSR count). The van der Waals surface area contributed by atoms with Gasteiger partial charge < -0.3 is 4.90 Å². The number of aromatic nitrogens is 1. The maximum Gasteiger partial charge on any atom is 0.147 e. The van der Waals surface area contributed by atoms with Crippen molar-refractivity contribution in [3.8, 4) is 6.07 Å². The van der Waals surface area contributed by atoms with Gasteiger partial charge in [0.05, 0.1) is 5.56 Å². The molecule has 72 valence electrons. The standard InChI is InChI=1S/C10H10ClN3/c1-14-3-2-9-8(6-14)4-7(5-12)10(11)13-9/h4H,2-3,6H2,1H3. The van der Waals surface area contributed by atoms with Crippen molar-refractivity contribution in [2.24, 2.45) is 0 Å². The summed E-state index contributed by atoms with van der Waals surface area (Å²) in [5.74, 6) is 0. The van der Waals surface area contributed by atoms with Crippen LogP contribution >= 0.6 is 11.6 Å². The molecular weight excluding hydrogens is 198 g/mol. The maximum absolute atomic E-state index is 8.80. The third-order valence-corrected chi connectivity index (χ3v) is 2.72. The highest BCUT2D eigenvalue weighted by Gasteiger charge is 2.16. The molecule has 14 heavy (non-hydrogen) atoms. The molecule has 2 heterocycles. The fourth-order valence-electron chi connectivity index (χ4n) is 1.67. The van der Waals surface area contributed by atoms with Crippen molar-refractivity contribution in [3.63, 3.8) is 0 Å². The number of hydrogen-bond donors (Lipinski definition) is 0. The van der Waals surface area contributed by atoms with Gasteiger partial charge in [0, 0.05) is 25.2 Å². The van der Waals surface area contributed by atoms with Gasteiger partial charge in [-0.25, -0.2) is 4.98 Å². The fourth-order valence-corrected chi connectivity index (χ4v) is 1.86. The Balaban J connectivity index is 2.47. The third-order valence-electron chi connectivity index (χ3n) is 2.44. The van der Waals surface area contributed by atoms with E-state index in [-0.39, 0.29) is 0 Å². The van der Waals surface area contributed by atoms with E-state index in [0.29, 0.717) is 10.7 Å². The van der Waals surface area contributed by atoms with Crippen LogP contribution in [0.3, 0.4) is 0 Å². The lowest BCUT2D eigenvalue weighted by Crippen LogP contribution is -2.27. The molecule has 1 aromatic heterocycles. The predicted molar refractivity (Wildman–Crippen MR) is 54.0 cm³/mol. The Morgan fingerprint density at radius 1 is 1.64 bits per heavy atom. The molecule has 0 atom stereocenters. The Hall–Kier alpha value is -1.11. The summed E-state index contributed by atoms with van der Waals surface area (Å²) < 4.78 is 0. The number of nitriles is 1. The Morgan fingerprint density at radius 3 is 3.14 bits per heavy atom. The lowest BCUT2D eigenvalue weighted by atomic mass is 10.0. The van der Waals surface area contributed by atoms with Crippen molar-refractivity contribution in [2.45, 2.75) is 13.0 Å². The molecule has 0 saturated carbocycles. The first-order chi connectivity index (χ1) is 6.70. The van der Waals surface area contributed by atoms with E-state index in [1.165, 1.54) is 0 Å². The number of hydrogen-bond acceptors (Lipinski definition) is 3. The maximum atomic E-state index is 8.80. The summed E-state index contributed by atoms with van der Waals surface area (Å²) in [5, 5.41) is 9.13. The van der Waals surface area contributed by atoms with Crippen LogP contribution in [0.1, 0.15) is 16.8 Å². The zero-order valence-electron chi connectivity index (χ0n) is 7.92. The summed E-state index contributed by atoms with van der Waals surface area (Å²) in [6.07, 6.45) is 0.914. The molecular formula is C10H10ClN3. The van der Waals surface area contributed by atoms with Crippen LogP contribution in [0.15, 0.2) is 6.07 Å². The zero-order chi connectivity index (χ0) is 10.1. The van der Waals surface area contributed by atoms with Crippen LogP contribution in [0.25, 0.3) is 0 Å². The number of halogens is 1. The van der Waals surface area contributed by atoms with Crippen LogP contribution in [0.5, 0.6) is 0 Å². The van der Waals surface area contributed by atoms with Gasteiger partial charge in [0.25, 0.3) is 0 Å². The summed E-state index contributed by atoms with van der Waals surface area (Å²) in [7, 11) is 2.06. The van der Waals surface area contributed by atoms with Gasteiger partial charge in [-0.05, 0) is 18.7 Å². The number of nitrogens with zero attached hydrogens (tertiary/aromatic N) is 3. The highest BCUT2D eigenvalue weighted by Crippen LogP contribution is 2.21. The normalized spacial score (nSPS) is 16.1. The molecule has 0 unspecified atom stereocenters. The Kier molecular flexibility index (Phi) is 2.40. The van der Waals surface area contributed by atoms with Crippen LogP contribution in [0, 0.1) is 11.3 Å². The minimum Gasteiger partial charge on any atom is -0.302 e. The van der Waals surface area contributed by atoms with E-state index < -0.39 is 0 Å². The molecule has 1 aromatic rings. The molecule has 4 heteroatoms. The second-order valence-electron chi connectivity index (χ2n) is 3.53. The van der Waals surface area contributed by atoms with Crippen molar-refractivity contribution in [1.82, 2.24) is 9.88 Å². The number of pyridine rings is 1. The van der Waals surface area contributed by atoms with Gasteiger partial charge in [-0.1, -0.05) is 11.6 Å². The first-order valence-corrected chi connectivity index (χ1v) is 4.85. The number of rotatable bonds is 0. The van der Waals surface area contributed by atoms with Crippen LogP contribution in [0.4, 0.5) is 0 Å². The summed E-state index contributed by atoms with van der Waals surface area (Å²) in [6, 6.07) is 3.89. The van der Waals surface area contributed by atoms with Crippen LogP contribution < -0.4 is 0 Å². The van der Waals surface area contributed by atoms with E-state index >= 15 is 0 Å². The van der Waals surface area contributed by atoms with E-state index in [0.717, 1.165) is 30.8 Å². The SMILES string of the molecule is CN1CCc2nc(Cl)c(C#N)cc2C1. The second-order valence-corrected chi connectivity index (χ2v) is 3.89. The Labute approximate surface area is 87.9 Å². The second kappa shape index (κ2) is 3.56. The van der Waals surface area contributed by atoms with E-state index in [1.54, 1.807) is 0 Å². The topological polar surface area (TPSA) is 39.9 Å². The molecule has 3 nitrogen and oxygen atoms in total. The van der Waals surface area contributed by atoms with Crippen molar-refractivity contribution in [3.05, 3.63) is 28.0 Å². The molecule has 0 aromatic carbocycles. The molecule has 0 fully saturated rings.